The van der Waals surface area contributed by atoms with Gasteiger partial charge in [0.05, 0.1) is 13.2 Å². The smallest absolute Gasteiger partial charge is 0.245 e. The molecule has 110 valence electrons. The van der Waals surface area contributed by atoms with Gasteiger partial charge < -0.3 is 15.0 Å². The number of aromatic nitrogens is 2. The predicted molar refractivity (Wildman–Crippen MR) is 77.2 cm³/mol. The number of halogens is 1. The van der Waals surface area contributed by atoms with Gasteiger partial charge in [-0.1, -0.05) is 11.6 Å². The molecule has 2 heterocycles. The third-order valence-corrected chi connectivity index (χ3v) is 3.59. The van der Waals surface area contributed by atoms with E-state index >= 15 is 0 Å². The van der Waals surface area contributed by atoms with Crippen LogP contribution in [-0.2, 0) is 9.53 Å². The van der Waals surface area contributed by atoms with E-state index < -0.39 is 0 Å². The first-order valence-electron chi connectivity index (χ1n) is 6.67. The molecule has 7 heteroatoms. The van der Waals surface area contributed by atoms with Gasteiger partial charge in [-0.15, -0.1) is 0 Å². The standard InChI is InChI=1S/C13H19ClN4O2/c1-4-15-13(19)10-7-20-6-5-18(10)12-8(2)11(14)16-9(3)17-12/h10H,4-7H2,1-3H3,(H,15,19). The van der Waals surface area contributed by atoms with Crippen molar-refractivity contribution in [2.45, 2.75) is 26.8 Å². The molecule has 1 aliphatic rings. The lowest BCUT2D eigenvalue weighted by atomic mass is 10.2. The van der Waals surface area contributed by atoms with Gasteiger partial charge in [-0.25, -0.2) is 9.97 Å². The lowest BCUT2D eigenvalue weighted by Gasteiger charge is -2.36. The van der Waals surface area contributed by atoms with E-state index in [2.05, 4.69) is 15.3 Å². The van der Waals surface area contributed by atoms with E-state index in [-0.39, 0.29) is 11.9 Å². The van der Waals surface area contributed by atoms with Crippen molar-refractivity contribution in [3.05, 3.63) is 16.5 Å². The minimum absolute atomic E-state index is 0.0565. The Labute approximate surface area is 123 Å². The Morgan fingerprint density at radius 3 is 2.95 bits per heavy atom. The van der Waals surface area contributed by atoms with E-state index in [1.54, 1.807) is 6.92 Å². The lowest BCUT2D eigenvalue weighted by molar-refractivity contribution is -0.124. The number of rotatable bonds is 3. The maximum absolute atomic E-state index is 12.2. The van der Waals surface area contributed by atoms with Gasteiger partial charge in [-0.2, -0.15) is 0 Å². The van der Waals surface area contributed by atoms with Crippen molar-refractivity contribution in [3.63, 3.8) is 0 Å². The van der Waals surface area contributed by atoms with Crippen molar-refractivity contribution in [3.8, 4) is 0 Å². The second-order valence-corrected chi connectivity index (χ2v) is 5.05. The largest absolute Gasteiger partial charge is 0.377 e. The minimum atomic E-state index is -0.382. The van der Waals surface area contributed by atoms with Crippen molar-refractivity contribution in [1.82, 2.24) is 15.3 Å². The van der Waals surface area contributed by atoms with E-state index in [9.17, 15) is 4.79 Å². The molecule has 20 heavy (non-hydrogen) atoms. The summed E-state index contributed by atoms with van der Waals surface area (Å²) in [4.78, 5) is 22.7. The number of morpholine rings is 1. The van der Waals surface area contributed by atoms with Gasteiger partial charge in [-0.05, 0) is 20.8 Å². The third-order valence-electron chi connectivity index (χ3n) is 3.23. The first-order chi connectivity index (χ1) is 9.54. The fourth-order valence-corrected chi connectivity index (χ4v) is 2.43. The van der Waals surface area contributed by atoms with Crippen LogP contribution in [0.25, 0.3) is 0 Å². The highest BCUT2D eigenvalue weighted by molar-refractivity contribution is 6.30. The number of hydrogen-bond donors (Lipinski definition) is 1. The number of nitrogens with one attached hydrogen (secondary N) is 1. The fraction of sp³-hybridized carbons (Fsp3) is 0.615. The molecule has 1 aromatic heterocycles. The average molecular weight is 299 g/mol. The third kappa shape index (κ3) is 3.02. The molecule has 0 radical (unpaired) electrons. The number of carbonyl (C=O) groups excluding carboxylic acids is 1. The van der Waals surface area contributed by atoms with Crippen LogP contribution in [-0.4, -0.2) is 48.2 Å². The van der Waals surface area contributed by atoms with Crippen LogP contribution in [0.1, 0.15) is 18.3 Å². The molecule has 0 bridgehead atoms. The summed E-state index contributed by atoms with van der Waals surface area (Å²) < 4.78 is 5.42. The van der Waals surface area contributed by atoms with Crippen molar-refractivity contribution in [2.24, 2.45) is 0 Å². The molecular weight excluding hydrogens is 280 g/mol. The van der Waals surface area contributed by atoms with Gasteiger partial charge in [0.25, 0.3) is 0 Å². The Balaban J connectivity index is 2.35. The Bertz CT molecular complexity index is 509. The lowest BCUT2D eigenvalue weighted by Crippen LogP contribution is -2.54. The number of nitrogens with zero attached hydrogens (tertiary/aromatic N) is 3. The van der Waals surface area contributed by atoms with E-state index in [0.717, 1.165) is 5.56 Å². The average Bonchev–Trinajstić information content (AvgIpc) is 2.43. The van der Waals surface area contributed by atoms with Gasteiger partial charge in [0.2, 0.25) is 5.91 Å². The molecule has 1 N–H and O–H groups in total. The molecule has 1 aliphatic heterocycles. The summed E-state index contributed by atoms with van der Waals surface area (Å²) in [5, 5.41) is 3.25. The van der Waals surface area contributed by atoms with Crippen LogP contribution in [0.5, 0.6) is 0 Å². The van der Waals surface area contributed by atoms with Crippen LogP contribution in [0.4, 0.5) is 5.82 Å². The Hall–Kier alpha value is -1.40. The molecule has 1 atom stereocenters. The molecule has 1 amide bonds. The Morgan fingerprint density at radius 1 is 1.50 bits per heavy atom. The van der Waals surface area contributed by atoms with Crippen LogP contribution >= 0.6 is 11.6 Å². The Morgan fingerprint density at radius 2 is 2.25 bits per heavy atom. The summed E-state index contributed by atoms with van der Waals surface area (Å²) in [6.07, 6.45) is 0. The molecule has 6 nitrogen and oxygen atoms in total. The predicted octanol–water partition coefficient (Wildman–Crippen LogP) is 1.09. The normalized spacial score (nSPS) is 19.0. The molecule has 0 aromatic carbocycles. The summed E-state index contributed by atoms with van der Waals surface area (Å²) in [5.74, 6) is 1.25. The molecule has 0 saturated carbocycles. The second-order valence-electron chi connectivity index (χ2n) is 4.69. The molecule has 2 rings (SSSR count). The summed E-state index contributed by atoms with van der Waals surface area (Å²) in [6.45, 7) is 7.66. The van der Waals surface area contributed by atoms with Gasteiger partial charge in [-0.3, -0.25) is 4.79 Å². The van der Waals surface area contributed by atoms with Crippen LogP contribution < -0.4 is 10.2 Å². The number of ether oxygens (including phenoxy) is 1. The fourth-order valence-electron chi connectivity index (χ4n) is 2.23. The van der Waals surface area contributed by atoms with E-state index in [1.807, 2.05) is 18.7 Å². The number of amides is 1. The number of carbonyl (C=O) groups is 1. The maximum Gasteiger partial charge on any atom is 0.245 e. The molecule has 0 spiro atoms. The topological polar surface area (TPSA) is 67.3 Å². The maximum atomic E-state index is 12.2. The van der Waals surface area contributed by atoms with Crippen molar-refractivity contribution in [1.29, 1.82) is 0 Å². The highest BCUT2D eigenvalue weighted by atomic mass is 35.5. The van der Waals surface area contributed by atoms with Crippen molar-refractivity contribution < 1.29 is 9.53 Å². The SMILES string of the molecule is CCNC(=O)C1COCCN1c1nc(C)nc(Cl)c1C. The van der Waals surface area contributed by atoms with E-state index in [4.69, 9.17) is 16.3 Å². The first kappa shape index (κ1) is 15.0. The highest BCUT2D eigenvalue weighted by Crippen LogP contribution is 2.26. The van der Waals surface area contributed by atoms with Gasteiger partial charge in [0, 0.05) is 18.7 Å². The molecule has 1 aromatic rings. The van der Waals surface area contributed by atoms with Crippen molar-refractivity contribution in [2.75, 3.05) is 31.2 Å². The molecular formula is C13H19ClN4O2. The quantitative estimate of drug-likeness (QED) is 0.846. The summed E-state index contributed by atoms with van der Waals surface area (Å²) in [7, 11) is 0. The van der Waals surface area contributed by atoms with E-state index in [0.29, 0.717) is 43.1 Å². The number of hydrogen-bond acceptors (Lipinski definition) is 5. The van der Waals surface area contributed by atoms with Crippen LogP contribution in [0.15, 0.2) is 0 Å². The summed E-state index contributed by atoms with van der Waals surface area (Å²) >= 11 is 6.12. The second kappa shape index (κ2) is 6.37. The van der Waals surface area contributed by atoms with Crippen LogP contribution in [0, 0.1) is 13.8 Å². The first-order valence-corrected chi connectivity index (χ1v) is 7.05. The molecule has 1 saturated heterocycles. The zero-order valence-corrected chi connectivity index (χ0v) is 12.7. The molecule has 0 aliphatic carbocycles. The molecule has 1 fully saturated rings. The van der Waals surface area contributed by atoms with Crippen LogP contribution in [0.3, 0.4) is 0 Å². The number of likely N-dealkylation sites (N-methyl/N-ethyl adjacent to an activating group) is 1. The number of aryl methyl sites for hydroxylation is 1. The van der Waals surface area contributed by atoms with Gasteiger partial charge >= 0.3 is 0 Å². The zero-order chi connectivity index (χ0) is 14.7. The minimum Gasteiger partial charge on any atom is -0.377 e. The van der Waals surface area contributed by atoms with Crippen LogP contribution in [0.2, 0.25) is 5.15 Å². The monoisotopic (exact) mass is 298 g/mol. The molecule has 1 unspecified atom stereocenters. The number of anilines is 1. The highest BCUT2D eigenvalue weighted by Gasteiger charge is 2.31. The summed E-state index contributed by atoms with van der Waals surface area (Å²) in [6, 6.07) is -0.382. The van der Waals surface area contributed by atoms with Gasteiger partial charge in [0.15, 0.2) is 0 Å². The summed E-state index contributed by atoms with van der Waals surface area (Å²) in [5.41, 5.74) is 0.786. The zero-order valence-electron chi connectivity index (χ0n) is 11.9. The Kier molecular flexibility index (Phi) is 4.77. The van der Waals surface area contributed by atoms with Gasteiger partial charge in [0.1, 0.15) is 22.8 Å². The van der Waals surface area contributed by atoms with Crippen molar-refractivity contribution >= 4 is 23.3 Å². The van der Waals surface area contributed by atoms with E-state index in [1.165, 1.54) is 0 Å².